The van der Waals surface area contributed by atoms with Gasteiger partial charge in [-0.25, -0.2) is 4.79 Å². The topological polar surface area (TPSA) is 77.4 Å². The summed E-state index contributed by atoms with van der Waals surface area (Å²) in [6, 6.07) is 4.98. The van der Waals surface area contributed by atoms with Crippen LogP contribution in [0.3, 0.4) is 0 Å². The lowest BCUT2D eigenvalue weighted by molar-refractivity contribution is -0.145. The van der Waals surface area contributed by atoms with Crippen LogP contribution in [0.15, 0.2) is 23.4 Å². The predicted molar refractivity (Wildman–Crippen MR) is 69.1 cm³/mol. The number of nitrogens with zero attached hydrogens (tertiary/aromatic N) is 1. The Kier molecular flexibility index (Phi) is 6.21. The molecule has 19 heavy (non-hydrogen) atoms. The SMILES string of the molecule is CCOC(=O)COc1ccc(/C=N/O)cc1OCC. The number of oxime groups is 1. The predicted octanol–water partition coefficient (Wildman–Crippen LogP) is 1.84. The van der Waals surface area contributed by atoms with Gasteiger partial charge in [-0.2, -0.15) is 0 Å². The number of ether oxygens (including phenoxy) is 3. The maximum atomic E-state index is 11.2. The lowest BCUT2D eigenvalue weighted by atomic mass is 10.2. The number of carbonyl (C=O) groups excluding carboxylic acids is 1. The summed E-state index contributed by atoms with van der Waals surface area (Å²) in [4.78, 5) is 11.2. The summed E-state index contributed by atoms with van der Waals surface area (Å²) in [6.07, 6.45) is 1.28. The van der Waals surface area contributed by atoms with Crippen LogP contribution < -0.4 is 9.47 Å². The van der Waals surface area contributed by atoms with Gasteiger partial charge in [-0.05, 0) is 32.0 Å². The molecule has 1 rings (SSSR count). The third-order valence-electron chi connectivity index (χ3n) is 2.13. The van der Waals surface area contributed by atoms with Crippen LogP contribution in [-0.2, 0) is 9.53 Å². The minimum atomic E-state index is -0.439. The first-order chi connectivity index (χ1) is 9.21. The second-order valence-electron chi connectivity index (χ2n) is 3.48. The molecule has 0 heterocycles. The summed E-state index contributed by atoms with van der Waals surface area (Å²) >= 11 is 0. The van der Waals surface area contributed by atoms with Crippen molar-refractivity contribution >= 4 is 12.2 Å². The van der Waals surface area contributed by atoms with E-state index in [9.17, 15) is 4.79 Å². The molecule has 6 nitrogen and oxygen atoms in total. The Balaban J connectivity index is 2.78. The fraction of sp³-hybridized carbons (Fsp3) is 0.385. The molecule has 6 heteroatoms. The molecule has 104 valence electrons. The maximum absolute atomic E-state index is 11.2. The molecule has 0 radical (unpaired) electrons. The van der Waals surface area contributed by atoms with Crippen molar-refractivity contribution in [3.63, 3.8) is 0 Å². The summed E-state index contributed by atoms with van der Waals surface area (Å²) in [5.41, 5.74) is 0.662. The average Bonchev–Trinajstić information content (AvgIpc) is 2.39. The van der Waals surface area contributed by atoms with Crippen molar-refractivity contribution in [2.45, 2.75) is 13.8 Å². The number of esters is 1. The van der Waals surface area contributed by atoms with Gasteiger partial charge in [0.05, 0.1) is 19.4 Å². The van der Waals surface area contributed by atoms with Crippen molar-refractivity contribution in [3.8, 4) is 11.5 Å². The van der Waals surface area contributed by atoms with Crippen molar-refractivity contribution < 1.29 is 24.2 Å². The van der Waals surface area contributed by atoms with E-state index < -0.39 is 5.97 Å². The molecule has 0 spiro atoms. The minimum Gasteiger partial charge on any atom is -0.490 e. The van der Waals surface area contributed by atoms with E-state index in [1.54, 1.807) is 25.1 Å². The van der Waals surface area contributed by atoms with Gasteiger partial charge in [-0.1, -0.05) is 5.16 Å². The molecule has 0 unspecified atom stereocenters. The number of benzene rings is 1. The first-order valence-corrected chi connectivity index (χ1v) is 5.94. The molecular weight excluding hydrogens is 250 g/mol. The van der Waals surface area contributed by atoms with Crippen LogP contribution in [0.2, 0.25) is 0 Å². The first-order valence-electron chi connectivity index (χ1n) is 5.94. The van der Waals surface area contributed by atoms with Crippen molar-refractivity contribution in [1.29, 1.82) is 0 Å². The molecule has 0 bridgehead atoms. The van der Waals surface area contributed by atoms with Gasteiger partial charge in [-0.3, -0.25) is 0 Å². The fourth-order valence-electron chi connectivity index (χ4n) is 1.40. The first kappa shape index (κ1) is 14.8. The normalized spacial score (nSPS) is 10.4. The van der Waals surface area contributed by atoms with Crippen LogP contribution >= 0.6 is 0 Å². The van der Waals surface area contributed by atoms with Gasteiger partial charge < -0.3 is 19.4 Å². The largest absolute Gasteiger partial charge is 0.490 e. The van der Waals surface area contributed by atoms with E-state index in [1.165, 1.54) is 6.21 Å². The monoisotopic (exact) mass is 267 g/mol. The number of hydrogen-bond donors (Lipinski definition) is 1. The molecule has 1 aromatic rings. The molecule has 0 aromatic heterocycles. The Bertz CT molecular complexity index is 445. The Morgan fingerprint density at radius 1 is 1.26 bits per heavy atom. The molecule has 0 saturated heterocycles. The van der Waals surface area contributed by atoms with Gasteiger partial charge in [0.25, 0.3) is 0 Å². The fourth-order valence-corrected chi connectivity index (χ4v) is 1.40. The molecule has 1 aromatic carbocycles. The number of hydrogen-bond acceptors (Lipinski definition) is 6. The molecule has 1 N–H and O–H groups in total. The van der Waals surface area contributed by atoms with Crippen LogP contribution in [-0.4, -0.2) is 37.2 Å². The zero-order valence-electron chi connectivity index (χ0n) is 11.0. The number of rotatable bonds is 7. The molecule has 0 saturated carbocycles. The highest BCUT2D eigenvalue weighted by Gasteiger charge is 2.09. The zero-order chi connectivity index (χ0) is 14.1. The summed E-state index contributed by atoms with van der Waals surface area (Å²) in [5, 5.41) is 11.4. The van der Waals surface area contributed by atoms with Gasteiger partial charge in [-0.15, -0.1) is 0 Å². The van der Waals surface area contributed by atoms with Crippen LogP contribution in [0.4, 0.5) is 0 Å². The third kappa shape index (κ3) is 4.87. The van der Waals surface area contributed by atoms with Crippen molar-refractivity contribution in [1.82, 2.24) is 0 Å². The molecule has 0 amide bonds. The van der Waals surface area contributed by atoms with Gasteiger partial charge in [0, 0.05) is 5.56 Å². The van der Waals surface area contributed by atoms with E-state index in [1.807, 2.05) is 6.92 Å². The number of carbonyl (C=O) groups is 1. The molecule has 0 fully saturated rings. The summed E-state index contributed by atoms with van der Waals surface area (Å²) in [6.45, 7) is 4.15. The Morgan fingerprint density at radius 2 is 2.05 bits per heavy atom. The maximum Gasteiger partial charge on any atom is 0.344 e. The highest BCUT2D eigenvalue weighted by atomic mass is 16.6. The lowest BCUT2D eigenvalue weighted by Gasteiger charge is -2.11. The van der Waals surface area contributed by atoms with E-state index in [2.05, 4.69) is 5.16 Å². The smallest absolute Gasteiger partial charge is 0.344 e. The Hall–Kier alpha value is -2.24. The van der Waals surface area contributed by atoms with Crippen molar-refractivity contribution in [3.05, 3.63) is 23.8 Å². The van der Waals surface area contributed by atoms with Gasteiger partial charge in [0.15, 0.2) is 18.1 Å². The van der Waals surface area contributed by atoms with Gasteiger partial charge in [0.1, 0.15) is 0 Å². The molecule has 0 atom stereocenters. The van der Waals surface area contributed by atoms with Crippen LogP contribution in [0, 0.1) is 0 Å². The van der Waals surface area contributed by atoms with Gasteiger partial charge in [0.2, 0.25) is 0 Å². The zero-order valence-corrected chi connectivity index (χ0v) is 11.0. The van der Waals surface area contributed by atoms with E-state index in [-0.39, 0.29) is 6.61 Å². The second kappa shape index (κ2) is 7.97. The van der Waals surface area contributed by atoms with Gasteiger partial charge >= 0.3 is 5.97 Å². The summed E-state index contributed by atoms with van der Waals surface area (Å²) in [5.74, 6) is 0.472. The average molecular weight is 267 g/mol. The minimum absolute atomic E-state index is 0.179. The standard InChI is InChI=1S/C13H17NO5/c1-3-17-12-7-10(8-14-16)5-6-11(12)19-9-13(15)18-4-2/h5-8,16H,3-4,9H2,1-2H3/b14-8+. The van der Waals surface area contributed by atoms with Crippen LogP contribution in [0.1, 0.15) is 19.4 Å². The Morgan fingerprint density at radius 3 is 2.68 bits per heavy atom. The van der Waals surface area contributed by atoms with Crippen molar-refractivity contribution in [2.24, 2.45) is 5.16 Å². The highest BCUT2D eigenvalue weighted by Crippen LogP contribution is 2.28. The Labute approximate surface area is 111 Å². The highest BCUT2D eigenvalue weighted by molar-refractivity contribution is 5.80. The van der Waals surface area contributed by atoms with E-state index in [0.717, 1.165) is 0 Å². The molecule has 0 aliphatic carbocycles. The van der Waals surface area contributed by atoms with E-state index in [0.29, 0.717) is 30.3 Å². The molecule has 0 aliphatic heterocycles. The molecular formula is C13H17NO5. The second-order valence-corrected chi connectivity index (χ2v) is 3.48. The van der Waals surface area contributed by atoms with Crippen LogP contribution in [0.5, 0.6) is 11.5 Å². The van der Waals surface area contributed by atoms with Crippen molar-refractivity contribution in [2.75, 3.05) is 19.8 Å². The third-order valence-corrected chi connectivity index (χ3v) is 2.13. The van der Waals surface area contributed by atoms with E-state index in [4.69, 9.17) is 19.4 Å². The van der Waals surface area contributed by atoms with E-state index >= 15 is 0 Å². The lowest BCUT2D eigenvalue weighted by Crippen LogP contribution is -2.15. The van der Waals surface area contributed by atoms with Crippen LogP contribution in [0.25, 0.3) is 0 Å². The summed E-state index contributed by atoms with van der Waals surface area (Å²) in [7, 11) is 0. The quantitative estimate of drug-likeness (QED) is 0.353. The molecule has 0 aliphatic rings. The summed E-state index contributed by atoms with van der Waals surface area (Å²) < 4.78 is 15.5.